The predicted molar refractivity (Wildman–Crippen MR) is 65.6 cm³/mol. The van der Waals surface area contributed by atoms with Gasteiger partial charge in [-0.05, 0) is 31.4 Å². The molecule has 1 aromatic rings. The lowest BCUT2D eigenvalue weighted by atomic mass is 10.2. The number of hydrogen-bond donors (Lipinski definition) is 1. The van der Waals surface area contributed by atoms with Gasteiger partial charge in [-0.15, -0.1) is 0 Å². The monoisotopic (exact) mass is 228 g/mol. The second-order valence-corrected chi connectivity index (χ2v) is 4.87. The Hall–Kier alpha value is -1.60. The van der Waals surface area contributed by atoms with Gasteiger partial charge >= 0.3 is 0 Å². The topological polar surface area (TPSA) is 52.0 Å². The molecule has 1 aliphatic carbocycles. The molecule has 2 fully saturated rings. The Kier molecular flexibility index (Phi) is 2.69. The fraction of sp³-hybridized carbons (Fsp3) is 0.538. The number of pyridine rings is 1. The van der Waals surface area contributed by atoms with Crippen LogP contribution in [0.1, 0.15) is 24.8 Å². The summed E-state index contributed by atoms with van der Waals surface area (Å²) in [7, 11) is 0. The first-order valence-corrected chi connectivity index (χ1v) is 6.22. The summed E-state index contributed by atoms with van der Waals surface area (Å²) in [6, 6.07) is 7.06. The first-order valence-electron chi connectivity index (χ1n) is 6.22. The molecule has 1 aliphatic heterocycles. The number of rotatable bonds is 3. The second kappa shape index (κ2) is 4.34. The summed E-state index contributed by atoms with van der Waals surface area (Å²) in [5, 5.41) is 12.4. The Morgan fingerprint density at radius 2 is 2.29 bits per heavy atom. The van der Waals surface area contributed by atoms with Crippen molar-refractivity contribution in [3.8, 4) is 6.07 Å². The maximum absolute atomic E-state index is 9.00. The molecule has 0 radical (unpaired) electrons. The van der Waals surface area contributed by atoms with Crippen molar-refractivity contribution in [3.05, 3.63) is 23.9 Å². The smallest absolute Gasteiger partial charge is 0.144 e. The van der Waals surface area contributed by atoms with Crippen molar-refractivity contribution in [2.45, 2.75) is 31.3 Å². The number of anilines is 1. The normalized spacial score (nSPS) is 24.5. The molecular formula is C13H16N4. The van der Waals surface area contributed by atoms with Crippen molar-refractivity contribution < 1.29 is 0 Å². The molecule has 1 saturated carbocycles. The summed E-state index contributed by atoms with van der Waals surface area (Å²) in [4.78, 5) is 6.79. The Balaban J connectivity index is 1.65. The van der Waals surface area contributed by atoms with Crippen LogP contribution in [0.4, 0.5) is 5.82 Å². The van der Waals surface area contributed by atoms with Gasteiger partial charge in [0.15, 0.2) is 0 Å². The highest BCUT2D eigenvalue weighted by Gasteiger charge is 2.34. The number of nitriles is 1. The Morgan fingerprint density at radius 1 is 1.41 bits per heavy atom. The van der Waals surface area contributed by atoms with Crippen LogP contribution in [0, 0.1) is 11.3 Å². The molecule has 1 N–H and O–H groups in total. The molecule has 4 heteroatoms. The summed E-state index contributed by atoms with van der Waals surface area (Å²) < 4.78 is 0. The van der Waals surface area contributed by atoms with Gasteiger partial charge in [0.05, 0.1) is 5.56 Å². The quantitative estimate of drug-likeness (QED) is 0.853. The summed E-state index contributed by atoms with van der Waals surface area (Å²) >= 11 is 0. The zero-order valence-corrected chi connectivity index (χ0v) is 9.76. The molecule has 1 atom stereocenters. The molecule has 0 spiro atoms. The highest BCUT2D eigenvalue weighted by Crippen LogP contribution is 2.30. The van der Waals surface area contributed by atoms with E-state index in [4.69, 9.17) is 5.26 Å². The van der Waals surface area contributed by atoms with Crippen LogP contribution in [-0.4, -0.2) is 35.1 Å². The summed E-state index contributed by atoms with van der Waals surface area (Å²) in [6.45, 7) is 2.27. The largest absolute Gasteiger partial charge is 0.365 e. The van der Waals surface area contributed by atoms with Crippen molar-refractivity contribution in [3.63, 3.8) is 0 Å². The van der Waals surface area contributed by atoms with Gasteiger partial charge in [-0.1, -0.05) is 0 Å². The molecule has 88 valence electrons. The lowest BCUT2D eigenvalue weighted by Crippen LogP contribution is -2.28. The minimum atomic E-state index is 0.442. The van der Waals surface area contributed by atoms with Gasteiger partial charge in [-0.25, -0.2) is 4.98 Å². The van der Waals surface area contributed by atoms with Crippen molar-refractivity contribution in [1.29, 1.82) is 5.26 Å². The fourth-order valence-corrected chi connectivity index (χ4v) is 2.48. The molecular weight excluding hydrogens is 212 g/mol. The number of nitrogens with zero attached hydrogens (tertiary/aromatic N) is 3. The van der Waals surface area contributed by atoms with Crippen LogP contribution in [0.15, 0.2) is 18.3 Å². The Labute approximate surface area is 101 Å². The van der Waals surface area contributed by atoms with Crippen LogP contribution in [0.3, 0.4) is 0 Å². The number of likely N-dealkylation sites (tertiary alicyclic amines) is 1. The van der Waals surface area contributed by atoms with Crippen molar-refractivity contribution in [1.82, 2.24) is 9.88 Å². The zero-order valence-electron chi connectivity index (χ0n) is 9.76. The van der Waals surface area contributed by atoms with Crippen molar-refractivity contribution >= 4 is 5.82 Å². The zero-order chi connectivity index (χ0) is 11.7. The van der Waals surface area contributed by atoms with E-state index in [0.29, 0.717) is 11.6 Å². The highest BCUT2D eigenvalue weighted by molar-refractivity contribution is 5.51. The average Bonchev–Trinajstić information content (AvgIpc) is 3.11. The van der Waals surface area contributed by atoms with E-state index in [1.165, 1.54) is 19.4 Å². The summed E-state index contributed by atoms with van der Waals surface area (Å²) in [5.74, 6) is 0.734. The highest BCUT2D eigenvalue weighted by atomic mass is 15.2. The lowest BCUT2D eigenvalue weighted by Gasteiger charge is -2.16. The standard InChI is InChI=1S/C13H16N4/c14-8-10-2-1-6-15-13(10)16-11-5-7-17(9-11)12-3-4-12/h1-2,6,11-12H,3-5,7,9H2,(H,15,16). The van der Waals surface area contributed by atoms with Crippen molar-refractivity contribution in [2.75, 3.05) is 18.4 Å². The van der Waals surface area contributed by atoms with Gasteiger partial charge in [-0.3, -0.25) is 4.90 Å². The lowest BCUT2D eigenvalue weighted by molar-refractivity contribution is 0.326. The SMILES string of the molecule is N#Cc1cccnc1NC1CCN(C2CC2)C1. The molecule has 3 rings (SSSR count). The fourth-order valence-electron chi connectivity index (χ4n) is 2.48. The van der Waals surface area contributed by atoms with E-state index in [1.807, 2.05) is 6.07 Å². The van der Waals surface area contributed by atoms with Crippen LogP contribution in [0.5, 0.6) is 0 Å². The van der Waals surface area contributed by atoms with Gasteiger partial charge in [0.25, 0.3) is 0 Å². The van der Waals surface area contributed by atoms with E-state index in [2.05, 4.69) is 21.3 Å². The predicted octanol–water partition coefficient (Wildman–Crippen LogP) is 1.60. The molecule has 0 amide bonds. The van der Waals surface area contributed by atoms with Crippen LogP contribution in [0.2, 0.25) is 0 Å². The van der Waals surface area contributed by atoms with E-state index in [-0.39, 0.29) is 0 Å². The Bertz CT molecular complexity index is 447. The first-order chi connectivity index (χ1) is 8.36. The third-order valence-electron chi connectivity index (χ3n) is 3.55. The Morgan fingerprint density at radius 3 is 3.06 bits per heavy atom. The minimum Gasteiger partial charge on any atom is -0.365 e. The average molecular weight is 228 g/mol. The number of aromatic nitrogens is 1. The number of nitrogens with one attached hydrogen (secondary N) is 1. The van der Waals surface area contributed by atoms with Gasteiger partial charge in [0.1, 0.15) is 11.9 Å². The molecule has 17 heavy (non-hydrogen) atoms. The molecule has 4 nitrogen and oxygen atoms in total. The van der Waals surface area contributed by atoms with E-state index in [0.717, 1.165) is 24.8 Å². The third kappa shape index (κ3) is 2.25. The van der Waals surface area contributed by atoms with Crippen LogP contribution >= 0.6 is 0 Å². The van der Waals surface area contributed by atoms with Crippen LogP contribution in [-0.2, 0) is 0 Å². The molecule has 1 saturated heterocycles. The molecule has 1 aromatic heterocycles. The third-order valence-corrected chi connectivity index (χ3v) is 3.55. The molecule has 0 bridgehead atoms. The van der Waals surface area contributed by atoms with Crippen LogP contribution in [0.25, 0.3) is 0 Å². The minimum absolute atomic E-state index is 0.442. The van der Waals surface area contributed by atoms with Gasteiger partial charge < -0.3 is 5.32 Å². The molecule has 2 aliphatic rings. The van der Waals surface area contributed by atoms with E-state index < -0.39 is 0 Å². The maximum Gasteiger partial charge on any atom is 0.144 e. The summed E-state index contributed by atoms with van der Waals surface area (Å²) in [5.41, 5.74) is 0.636. The van der Waals surface area contributed by atoms with E-state index >= 15 is 0 Å². The maximum atomic E-state index is 9.00. The molecule has 1 unspecified atom stereocenters. The van der Waals surface area contributed by atoms with Crippen LogP contribution < -0.4 is 5.32 Å². The van der Waals surface area contributed by atoms with E-state index in [1.54, 1.807) is 12.3 Å². The van der Waals surface area contributed by atoms with Gasteiger partial charge in [0, 0.05) is 31.4 Å². The molecule has 0 aromatic carbocycles. The molecule has 2 heterocycles. The van der Waals surface area contributed by atoms with Gasteiger partial charge in [-0.2, -0.15) is 5.26 Å². The summed E-state index contributed by atoms with van der Waals surface area (Å²) in [6.07, 6.45) is 5.61. The second-order valence-electron chi connectivity index (χ2n) is 4.87. The number of hydrogen-bond acceptors (Lipinski definition) is 4. The van der Waals surface area contributed by atoms with Crippen molar-refractivity contribution in [2.24, 2.45) is 0 Å². The van der Waals surface area contributed by atoms with Gasteiger partial charge in [0.2, 0.25) is 0 Å². The first kappa shape index (κ1) is 10.5. The van der Waals surface area contributed by atoms with E-state index in [9.17, 15) is 0 Å².